The van der Waals surface area contributed by atoms with Crippen LogP contribution in [-0.4, -0.2) is 5.16 Å². The van der Waals surface area contributed by atoms with Crippen LogP contribution in [0.5, 0.6) is 0 Å². The van der Waals surface area contributed by atoms with Crippen molar-refractivity contribution in [3.8, 4) is 0 Å². The van der Waals surface area contributed by atoms with Gasteiger partial charge in [0.1, 0.15) is 5.56 Å². The highest BCUT2D eigenvalue weighted by Crippen LogP contribution is 2.41. The number of hydrogen-bond acceptors (Lipinski definition) is 3. The van der Waals surface area contributed by atoms with E-state index in [2.05, 4.69) is 9.68 Å². The zero-order valence-corrected chi connectivity index (χ0v) is 8.36. The molecule has 3 nitrogen and oxygen atoms in total. The smallest absolute Gasteiger partial charge is 0.380 e. The number of rotatable bonds is 0. The van der Waals surface area contributed by atoms with Crippen LogP contribution in [0.15, 0.2) is 16.7 Å². The second-order valence-corrected chi connectivity index (χ2v) is 3.46. The van der Waals surface area contributed by atoms with Crippen molar-refractivity contribution in [2.75, 3.05) is 5.73 Å². The van der Waals surface area contributed by atoms with Gasteiger partial charge >= 0.3 is 12.4 Å². The van der Waals surface area contributed by atoms with Gasteiger partial charge in [-0.2, -0.15) is 26.3 Å². The van der Waals surface area contributed by atoms with Crippen molar-refractivity contribution in [2.45, 2.75) is 12.4 Å². The summed E-state index contributed by atoms with van der Waals surface area (Å²) in [5.74, 6) is -0.526. The third kappa shape index (κ3) is 1.95. The average Bonchev–Trinajstić information content (AvgIpc) is 2.56. The van der Waals surface area contributed by atoms with Crippen molar-refractivity contribution in [2.24, 2.45) is 0 Å². The molecule has 0 unspecified atom stereocenters. The molecule has 0 saturated carbocycles. The largest absolute Gasteiger partial charge is 0.420 e. The predicted octanol–water partition coefficient (Wildman–Crippen LogP) is 3.45. The molecular weight excluding hydrogens is 266 g/mol. The van der Waals surface area contributed by atoms with Gasteiger partial charge in [0.2, 0.25) is 0 Å². The molecule has 98 valence electrons. The molecule has 0 aliphatic rings. The van der Waals surface area contributed by atoms with E-state index in [-0.39, 0.29) is 6.07 Å². The number of fused-ring (bicyclic) bond motifs is 1. The molecule has 0 aliphatic carbocycles. The lowest BCUT2D eigenvalue weighted by molar-refractivity contribution is -0.142. The van der Waals surface area contributed by atoms with Crippen LogP contribution in [0.1, 0.15) is 11.1 Å². The lowest BCUT2D eigenvalue weighted by atomic mass is 10.1. The van der Waals surface area contributed by atoms with Crippen LogP contribution >= 0.6 is 0 Å². The minimum absolute atomic E-state index is 0.0348. The van der Waals surface area contributed by atoms with Gasteiger partial charge in [-0.1, -0.05) is 5.16 Å². The molecule has 0 spiro atoms. The van der Waals surface area contributed by atoms with E-state index < -0.39 is 40.3 Å². The van der Waals surface area contributed by atoms with Crippen LogP contribution < -0.4 is 5.73 Å². The van der Waals surface area contributed by atoms with E-state index in [4.69, 9.17) is 5.73 Å². The number of halogens is 6. The molecule has 2 aromatic rings. The van der Waals surface area contributed by atoms with Gasteiger partial charge in [0.15, 0.2) is 11.4 Å². The molecule has 0 atom stereocenters. The first kappa shape index (κ1) is 12.5. The van der Waals surface area contributed by atoms with Gasteiger partial charge in [-0.25, -0.2) is 0 Å². The van der Waals surface area contributed by atoms with Gasteiger partial charge in [-0.05, 0) is 12.1 Å². The molecule has 0 fully saturated rings. The third-order valence-corrected chi connectivity index (χ3v) is 2.23. The number of nitrogens with two attached hydrogens (primary N) is 1. The third-order valence-electron chi connectivity index (χ3n) is 2.23. The van der Waals surface area contributed by atoms with Crippen LogP contribution in [0.3, 0.4) is 0 Å². The Morgan fingerprint density at radius 1 is 1.00 bits per heavy atom. The average molecular weight is 270 g/mol. The van der Waals surface area contributed by atoms with E-state index in [9.17, 15) is 26.3 Å². The maximum Gasteiger partial charge on any atom is 0.420 e. The van der Waals surface area contributed by atoms with E-state index in [1.165, 1.54) is 0 Å². The number of aromatic nitrogens is 1. The number of hydrogen-bond donors (Lipinski definition) is 1. The zero-order chi connectivity index (χ0) is 13.7. The van der Waals surface area contributed by atoms with E-state index in [1.54, 1.807) is 0 Å². The molecule has 0 saturated heterocycles. The summed E-state index contributed by atoms with van der Waals surface area (Å²) in [5, 5.41) is 2.51. The first-order chi connectivity index (χ1) is 8.10. The van der Waals surface area contributed by atoms with Crippen LogP contribution in [0.25, 0.3) is 11.0 Å². The monoisotopic (exact) mass is 270 g/mol. The molecule has 2 N–H and O–H groups in total. The number of nitrogens with zero attached hydrogens (tertiary/aromatic N) is 1. The summed E-state index contributed by atoms with van der Waals surface area (Å²) in [4.78, 5) is 0. The van der Waals surface area contributed by atoms with E-state index in [0.717, 1.165) is 0 Å². The zero-order valence-electron chi connectivity index (χ0n) is 8.36. The topological polar surface area (TPSA) is 52.0 Å². The molecule has 0 radical (unpaired) electrons. The molecule has 18 heavy (non-hydrogen) atoms. The summed E-state index contributed by atoms with van der Waals surface area (Å²) in [6, 6.07) is 0.434. The normalized spacial score (nSPS) is 13.2. The maximum absolute atomic E-state index is 12.6. The van der Waals surface area contributed by atoms with Gasteiger partial charge in [0, 0.05) is 0 Å². The Morgan fingerprint density at radius 2 is 1.61 bits per heavy atom. The van der Waals surface area contributed by atoms with E-state index in [1.807, 2.05) is 0 Å². The summed E-state index contributed by atoms with van der Waals surface area (Å²) in [6.45, 7) is 0. The van der Waals surface area contributed by atoms with Crippen LogP contribution in [0, 0.1) is 0 Å². The maximum atomic E-state index is 12.6. The van der Waals surface area contributed by atoms with Gasteiger partial charge in [-0.3, -0.25) is 0 Å². The summed E-state index contributed by atoms with van der Waals surface area (Å²) in [5.41, 5.74) is 1.33. The Balaban J connectivity index is 2.83. The van der Waals surface area contributed by atoms with Gasteiger partial charge in [0.25, 0.3) is 0 Å². The molecule has 0 bridgehead atoms. The Hall–Kier alpha value is -1.93. The van der Waals surface area contributed by atoms with Crippen LogP contribution in [0.4, 0.5) is 32.2 Å². The van der Waals surface area contributed by atoms with Crippen molar-refractivity contribution in [1.29, 1.82) is 0 Å². The summed E-state index contributed by atoms with van der Waals surface area (Å²) < 4.78 is 79.5. The van der Waals surface area contributed by atoms with Crippen molar-refractivity contribution in [1.82, 2.24) is 5.16 Å². The number of benzene rings is 1. The number of anilines is 1. The van der Waals surface area contributed by atoms with Gasteiger partial charge in [0.05, 0.1) is 10.9 Å². The highest BCUT2D eigenvalue weighted by molar-refractivity contribution is 5.90. The first-order valence-electron chi connectivity index (χ1n) is 4.44. The standard InChI is InChI=1S/C9H4F6N2O/c10-8(11,12)3-1-4-6(18-17-7(4)16)5(2-3)9(13,14)15/h1-2H,(H2,16,17). The highest BCUT2D eigenvalue weighted by Gasteiger charge is 2.40. The van der Waals surface area contributed by atoms with Crippen molar-refractivity contribution < 1.29 is 30.9 Å². The van der Waals surface area contributed by atoms with Crippen molar-refractivity contribution in [3.05, 3.63) is 23.3 Å². The Morgan fingerprint density at radius 3 is 2.11 bits per heavy atom. The molecule has 0 aliphatic heterocycles. The molecule has 9 heteroatoms. The fraction of sp³-hybridized carbons (Fsp3) is 0.222. The fourth-order valence-electron chi connectivity index (χ4n) is 1.44. The molecule has 1 heterocycles. The van der Waals surface area contributed by atoms with Gasteiger partial charge in [-0.15, -0.1) is 0 Å². The Kier molecular flexibility index (Phi) is 2.46. The predicted molar refractivity (Wildman–Crippen MR) is 48.4 cm³/mol. The van der Waals surface area contributed by atoms with Gasteiger partial charge < -0.3 is 10.3 Å². The second-order valence-electron chi connectivity index (χ2n) is 3.46. The Labute approximate surface area is 95.1 Å². The Bertz CT molecular complexity index is 597. The van der Waals surface area contributed by atoms with Crippen molar-refractivity contribution in [3.63, 3.8) is 0 Å². The fourth-order valence-corrected chi connectivity index (χ4v) is 1.44. The quantitative estimate of drug-likeness (QED) is 0.746. The second kappa shape index (κ2) is 3.53. The lowest BCUT2D eigenvalue weighted by Crippen LogP contribution is -2.11. The summed E-state index contributed by atoms with van der Waals surface area (Å²) >= 11 is 0. The molecule has 2 rings (SSSR count). The molecule has 1 aromatic carbocycles. The van der Waals surface area contributed by atoms with Crippen LogP contribution in [0.2, 0.25) is 0 Å². The summed E-state index contributed by atoms with van der Waals surface area (Å²) in [6.07, 6.45) is -9.91. The highest BCUT2D eigenvalue weighted by atomic mass is 19.4. The van der Waals surface area contributed by atoms with E-state index >= 15 is 0 Å². The number of alkyl halides is 6. The minimum atomic E-state index is -4.99. The SMILES string of the molecule is Nc1noc2c(C(F)(F)F)cc(C(F)(F)F)cc12. The molecular formula is C9H4F6N2O. The minimum Gasteiger partial charge on any atom is -0.380 e. The van der Waals surface area contributed by atoms with Crippen LogP contribution in [-0.2, 0) is 12.4 Å². The lowest BCUT2D eigenvalue weighted by Gasteiger charge is -2.11. The molecule has 1 aromatic heterocycles. The first-order valence-corrected chi connectivity index (χ1v) is 4.44. The van der Waals surface area contributed by atoms with Crippen molar-refractivity contribution >= 4 is 16.8 Å². The molecule has 0 amide bonds. The van der Waals surface area contributed by atoms with E-state index in [0.29, 0.717) is 6.07 Å². The number of nitrogen functional groups attached to an aromatic ring is 1. The summed E-state index contributed by atoms with van der Waals surface area (Å²) in [7, 11) is 0.